The molecule has 0 saturated heterocycles. The minimum atomic E-state index is -0.932. The molecular formula is C80H70BrCl2FN4O8. The fourth-order valence-corrected chi connectivity index (χ4v) is 16.7. The zero-order chi connectivity index (χ0) is 67.1. The Labute approximate surface area is 575 Å². The van der Waals surface area contributed by atoms with E-state index in [1.165, 1.54) is 35.7 Å². The second kappa shape index (κ2) is 27.8. The molecule has 12 nitrogen and oxygen atoms in total. The minimum absolute atomic E-state index is 0.00521. The molecule has 8 aromatic carbocycles. The number of benzene rings is 8. The van der Waals surface area contributed by atoms with Crippen molar-refractivity contribution in [1.29, 1.82) is 0 Å². The maximum absolute atomic E-state index is 13.3. The van der Waals surface area contributed by atoms with Crippen LogP contribution in [0.1, 0.15) is 180 Å². The number of hydrogen-bond acceptors (Lipinski definition) is 10. The van der Waals surface area contributed by atoms with Crippen LogP contribution in [-0.4, -0.2) is 39.7 Å². The van der Waals surface area contributed by atoms with Gasteiger partial charge in [0, 0.05) is 67.6 Å². The molecule has 0 fully saturated rings. The fraction of sp³-hybridized carbons (Fsp3) is 0.237. The first-order chi connectivity index (χ1) is 46.4. The molecule has 16 rings (SSSR count). The quantitative estimate of drug-likeness (QED) is 0.0349. The van der Waals surface area contributed by atoms with E-state index in [0.717, 1.165) is 86.2 Å². The molecule has 16 heteroatoms. The van der Waals surface area contributed by atoms with E-state index in [9.17, 15) is 38.6 Å². The highest BCUT2D eigenvalue weighted by Crippen LogP contribution is 2.55. The average Bonchev–Trinajstić information content (AvgIpc) is 1.54. The molecule has 6 N–H and O–H groups in total. The van der Waals surface area contributed by atoms with Gasteiger partial charge in [0.05, 0.1) is 46.7 Å². The van der Waals surface area contributed by atoms with Gasteiger partial charge < -0.3 is 36.2 Å². The number of carboxylic acids is 2. The second-order valence-corrected chi connectivity index (χ2v) is 27.4. The summed E-state index contributed by atoms with van der Waals surface area (Å²) in [4.78, 5) is 58.4. The summed E-state index contributed by atoms with van der Waals surface area (Å²) in [6, 6.07) is 51.1. The molecule has 0 bridgehead atoms. The Morgan fingerprint density at radius 2 is 0.812 bits per heavy atom. The monoisotopic (exact) mass is 1380 g/mol. The number of carbonyl (C=O) groups excluding carboxylic acids is 3. The first-order valence-electron chi connectivity index (χ1n) is 32.4. The molecule has 12 atom stereocenters. The summed E-state index contributed by atoms with van der Waals surface area (Å²) in [7, 11) is 0. The lowest BCUT2D eigenvalue weighted by Gasteiger charge is -2.38. The summed E-state index contributed by atoms with van der Waals surface area (Å²) in [6.07, 6.45) is 21.6. The van der Waals surface area contributed by atoms with E-state index in [1.54, 1.807) is 50.2 Å². The average molecular weight is 1390 g/mol. The number of halogens is 4. The highest BCUT2D eigenvalue weighted by Gasteiger charge is 2.44. The third kappa shape index (κ3) is 13.0. The number of esters is 1. The van der Waals surface area contributed by atoms with Gasteiger partial charge in [-0.05, 0) is 181 Å². The van der Waals surface area contributed by atoms with Crippen LogP contribution in [0.2, 0.25) is 10.0 Å². The van der Waals surface area contributed by atoms with Crippen LogP contribution in [0.4, 0.5) is 27.1 Å². The lowest BCUT2D eigenvalue weighted by Crippen LogP contribution is -2.30. The third-order valence-electron chi connectivity index (χ3n) is 20.0. The number of para-hydroxylation sites is 4. The number of carbonyl (C=O) groups is 5. The van der Waals surface area contributed by atoms with Crippen molar-refractivity contribution in [2.24, 2.45) is 23.7 Å². The van der Waals surface area contributed by atoms with Crippen LogP contribution >= 0.6 is 39.1 Å². The van der Waals surface area contributed by atoms with Gasteiger partial charge in [-0.2, -0.15) is 0 Å². The molecule has 8 aliphatic rings. The maximum Gasteiger partial charge on any atom is 0.337 e. The van der Waals surface area contributed by atoms with Crippen LogP contribution in [0.3, 0.4) is 0 Å². The molecule has 4 aliphatic heterocycles. The number of fused-ring (bicyclic) bond motifs is 12. The lowest BCUT2D eigenvalue weighted by atomic mass is 9.76. The molecule has 0 aromatic heterocycles. The molecule has 4 heterocycles. The fourth-order valence-electron chi connectivity index (χ4n) is 15.8. The van der Waals surface area contributed by atoms with Crippen LogP contribution in [0, 0.1) is 29.5 Å². The van der Waals surface area contributed by atoms with Gasteiger partial charge in [-0.1, -0.05) is 179 Å². The second-order valence-electron chi connectivity index (χ2n) is 25.6. The highest BCUT2D eigenvalue weighted by atomic mass is 79.9. The number of anilines is 4. The van der Waals surface area contributed by atoms with Crippen LogP contribution in [0.25, 0.3) is 0 Å². The lowest BCUT2D eigenvalue weighted by molar-refractivity contribution is -0.131. The smallest absolute Gasteiger partial charge is 0.337 e. The third-order valence-corrected chi connectivity index (χ3v) is 21.1. The van der Waals surface area contributed by atoms with Crippen molar-refractivity contribution < 1.29 is 43.3 Å². The first kappa shape index (κ1) is 65.3. The molecule has 4 aliphatic carbocycles. The molecule has 8 aromatic rings. The Hall–Kier alpha value is -9.34. The van der Waals surface area contributed by atoms with Crippen molar-refractivity contribution >= 4 is 91.4 Å². The highest BCUT2D eigenvalue weighted by molar-refractivity contribution is 9.10. The van der Waals surface area contributed by atoms with E-state index in [-0.39, 0.29) is 59.4 Å². The molecule has 0 spiro atoms. The molecular weight excluding hydrogens is 1310 g/mol. The van der Waals surface area contributed by atoms with Gasteiger partial charge in [-0.3, -0.25) is 14.4 Å². The molecule has 12 unspecified atom stereocenters. The number of ether oxygens (including phenoxy) is 1. The molecule has 0 amide bonds. The van der Waals surface area contributed by atoms with Crippen molar-refractivity contribution in [3.05, 3.63) is 299 Å². The molecule has 96 heavy (non-hydrogen) atoms. The SMILES string of the molecule is CC(=O)Oc1ccc(C2Nc3c(C(=O)O)cccc3C3C=CCC32)cc1.CC(=O)c1cccc2c1NC(c1ccc(Cl)cc1Cl)C1CC=CC21.CC(=O)c1cccc2c1NC(c1ccc(F)cc1)C1CC=CC21.O=C(O)c1cccc2c1NC(c1cccc(Br)c1)C1CC=CC21. The van der Waals surface area contributed by atoms with Crippen molar-refractivity contribution in [2.45, 2.75) is 94.3 Å². The van der Waals surface area contributed by atoms with E-state index >= 15 is 0 Å². The summed E-state index contributed by atoms with van der Waals surface area (Å²) in [6.45, 7) is 4.58. The zero-order valence-electron chi connectivity index (χ0n) is 52.8. The predicted molar refractivity (Wildman–Crippen MR) is 380 cm³/mol. The maximum atomic E-state index is 13.3. The van der Waals surface area contributed by atoms with Crippen LogP contribution in [0.5, 0.6) is 5.75 Å². The van der Waals surface area contributed by atoms with Gasteiger partial charge in [0.1, 0.15) is 11.6 Å². The molecule has 486 valence electrons. The normalized spacial score (nSPS) is 24.1. The van der Waals surface area contributed by atoms with E-state index in [4.69, 9.17) is 27.9 Å². The number of hydrogen-bond donors (Lipinski definition) is 6. The van der Waals surface area contributed by atoms with E-state index in [0.29, 0.717) is 68.1 Å². The van der Waals surface area contributed by atoms with Crippen LogP contribution < -0.4 is 26.0 Å². The Morgan fingerprint density at radius 1 is 0.438 bits per heavy atom. The van der Waals surface area contributed by atoms with Gasteiger partial charge in [-0.15, -0.1) is 0 Å². The molecule has 0 radical (unpaired) electrons. The predicted octanol–water partition coefficient (Wildman–Crippen LogP) is 20.0. The van der Waals surface area contributed by atoms with Crippen molar-refractivity contribution in [2.75, 3.05) is 21.3 Å². The number of aromatic carboxylic acids is 2. The van der Waals surface area contributed by atoms with Gasteiger partial charge in [0.25, 0.3) is 0 Å². The zero-order valence-corrected chi connectivity index (χ0v) is 55.9. The summed E-state index contributed by atoms with van der Waals surface area (Å²) in [5, 5.41) is 34.5. The Morgan fingerprint density at radius 3 is 1.21 bits per heavy atom. The van der Waals surface area contributed by atoms with Gasteiger partial charge >= 0.3 is 17.9 Å². The Bertz CT molecular complexity index is 4510. The van der Waals surface area contributed by atoms with Crippen LogP contribution in [-0.2, 0) is 4.79 Å². The largest absolute Gasteiger partial charge is 0.478 e. The van der Waals surface area contributed by atoms with Crippen LogP contribution in [0.15, 0.2) is 217 Å². The number of rotatable bonds is 9. The number of nitrogens with one attached hydrogen (secondary N) is 4. The summed E-state index contributed by atoms with van der Waals surface area (Å²) in [5.74, 6) is 0.848. The standard InChI is InChI=1S/C21H19NO4.C20H17Cl2NO.C20H18FNO.C19H16BrNO2/c1-12(23)26-14-10-8-13(9-11-14)19-16-5-2-4-15(16)17-6-3-7-18(21(24)25)20(17)22-19;1-11(24)13-4-2-6-15-14-5-3-7-16(14)20(23-19(13)15)17-9-8-12(21)10-18(17)22;1-12(23)15-4-2-7-18-16-5-3-6-17(16)19(22-20(15)18)13-8-10-14(21)11-9-13;20-12-5-1-4-11(10-12)17-14-7-2-6-13(14)15-8-3-9-16(19(22)23)18(15)21-17/h2-4,6-11,15-16,19,22H,5H2,1H3,(H,24,25);2-6,8-10,14,16,20,23H,7H2,1H3;2-5,7-11,16-17,19,22H,6H2,1H3;1-6,8-10,13-14,17,21H,7H2,(H,22,23). The Balaban J connectivity index is 0.000000116. The summed E-state index contributed by atoms with van der Waals surface area (Å²) >= 11 is 16.1. The van der Waals surface area contributed by atoms with Gasteiger partial charge in [-0.25, -0.2) is 14.0 Å². The van der Waals surface area contributed by atoms with E-state index in [1.807, 2.05) is 91.0 Å². The van der Waals surface area contributed by atoms with Crippen molar-refractivity contribution in [3.63, 3.8) is 0 Å². The molecule has 0 saturated carbocycles. The van der Waals surface area contributed by atoms with Gasteiger partial charge in [0.2, 0.25) is 0 Å². The number of ketones is 2. The van der Waals surface area contributed by atoms with Gasteiger partial charge in [0.15, 0.2) is 11.6 Å². The number of Topliss-reactive ketones (excluding diaryl/α,β-unsaturated/α-hetero) is 2. The Kier molecular flexibility index (Phi) is 18.9. The van der Waals surface area contributed by atoms with E-state index in [2.05, 4.69) is 110 Å². The minimum Gasteiger partial charge on any atom is -0.478 e. The van der Waals surface area contributed by atoms with Crippen molar-refractivity contribution in [3.8, 4) is 5.75 Å². The first-order valence-corrected chi connectivity index (χ1v) is 33.9. The topological polar surface area (TPSA) is 183 Å². The van der Waals surface area contributed by atoms with E-state index < -0.39 is 11.9 Å². The summed E-state index contributed by atoms with van der Waals surface area (Å²) in [5.41, 5.74) is 14.3. The number of carboxylic acid groups (broad SMARTS) is 2. The summed E-state index contributed by atoms with van der Waals surface area (Å²) < 4.78 is 19.4. The number of allylic oxidation sites excluding steroid dienone is 8. The van der Waals surface area contributed by atoms with Crippen molar-refractivity contribution in [1.82, 2.24) is 0 Å².